The molecule has 1 unspecified atom stereocenters. The molecule has 0 saturated heterocycles. The fraction of sp³-hybridized carbons (Fsp3) is 0.649. The molecule has 2 aliphatic carbocycles. The Bertz CT molecular complexity index is 1150. The minimum absolute atomic E-state index is 0.0706. The third-order valence-electron chi connectivity index (χ3n) is 10.3. The molecule has 242 valence electrons. The number of phenols is 1. The van der Waals surface area contributed by atoms with Crippen LogP contribution in [0.15, 0.2) is 46.6 Å². The van der Waals surface area contributed by atoms with E-state index < -0.39 is 0 Å². The number of hydrogen-bond acceptors (Lipinski definition) is 6. The first-order valence-corrected chi connectivity index (χ1v) is 17.3. The molecular formula is C37H55N2O5+. The smallest absolute Gasteiger partial charge is 0.184 e. The number of aryl methyl sites for hydroxylation is 1. The number of unbranched alkanes of at least 4 members (excludes halogenated alkanes) is 1. The Morgan fingerprint density at radius 3 is 2.70 bits per heavy atom. The number of aromatic hydroxyl groups is 1. The number of nitrogens with zero attached hydrogens (tertiary/aromatic N) is 1. The number of aliphatic hydroxyl groups is 4. The Kier molecular flexibility index (Phi) is 11.8. The first-order chi connectivity index (χ1) is 21.4. The molecular weight excluding hydrogens is 552 g/mol. The van der Waals surface area contributed by atoms with E-state index in [1.54, 1.807) is 6.07 Å². The highest BCUT2D eigenvalue weighted by Gasteiger charge is 2.48. The minimum Gasteiger partial charge on any atom is -0.504 e. The number of ether oxygens (including phenoxy) is 2. The van der Waals surface area contributed by atoms with E-state index in [1.165, 1.54) is 31.6 Å². The van der Waals surface area contributed by atoms with Crippen LogP contribution < -0.4 is 10.1 Å². The van der Waals surface area contributed by atoms with Crippen molar-refractivity contribution in [1.29, 1.82) is 0 Å². The van der Waals surface area contributed by atoms with Crippen LogP contribution in [0.5, 0.6) is 11.5 Å². The number of allylic oxidation sites excluding steroid dienone is 1. The lowest BCUT2D eigenvalue weighted by molar-refractivity contribution is -0.0550. The van der Waals surface area contributed by atoms with Gasteiger partial charge in [0, 0.05) is 26.1 Å². The van der Waals surface area contributed by atoms with Gasteiger partial charge in [0.1, 0.15) is 36.3 Å². The molecule has 5 rings (SSSR count). The summed E-state index contributed by atoms with van der Waals surface area (Å²) in [7, 11) is 0. The van der Waals surface area contributed by atoms with Crippen molar-refractivity contribution >= 4 is 6.21 Å². The Hall–Kier alpha value is -2.45. The Labute approximate surface area is 264 Å². The standard InChI is InChI=1S/C37H54N2O5/c1-3-4-11-34-30(24-40)19-31(44-34)14-12-27-13-15-33(42)35(18-27)43-25-37(16-7-8-17-37)36-20-29(22-39-36)32(23-38-21-26(2)41)28-9-5-6-10-28/h13,15,18-20,22,26,28,32,34,38,40-41,44H,3-12,14,16-17,21,23-25H2,1-2H3/p+1/t26-,32+,34?/m0/s1. The third kappa shape index (κ3) is 8.22. The molecule has 2 fully saturated rings. The van der Waals surface area contributed by atoms with Gasteiger partial charge in [-0.2, -0.15) is 0 Å². The van der Waals surface area contributed by atoms with Gasteiger partial charge >= 0.3 is 0 Å². The molecule has 0 spiro atoms. The Morgan fingerprint density at radius 1 is 1.18 bits per heavy atom. The first kappa shape index (κ1) is 32.9. The van der Waals surface area contributed by atoms with Crippen molar-refractivity contribution in [1.82, 2.24) is 5.32 Å². The highest BCUT2D eigenvalue weighted by Crippen LogP contribution is 2.49. The van der Waals surface area contributed by atoms with E-state index >= 15 is 0 Å². The van der Waals surface area contributed by atoms with E-state index in [9.17, 15) is 15.3 Å². The molecule has 7 nitrogen and oxygen atoms in total. The van der Waals surface area contributed by atoms with Crippen LogP contribution in [-0.2, 0) is 6.42 Å². The van der Waals surface area contributed by atoms with Crippen LogP contribution >= 0.6 is 0 Å². The van der Waals surface area contributed by atoms with E-state index in [0.717, 1.165) is 87.3 Å². The van der Waals surface area contributed by atoms with E-state index in [2.05, 4.69) is 30.6 Å². The van der Waals surface area contributed by atoms with Crippen molar-refractivity contribution in [2.24, 2.45) is 22.2 Å². The zero-order chi connectivity index (χ0) is 30.9. The molecule has 0 aromatic heterocycles. The number of hydrogen-bond donors (Lipinski definition) is 4. The maximum absolute atomic E-state index is 10.7. The van der Waals surface area contributed by atoms with Crippen LogP contribution in [0.4, 0.5) is 0 Å². The topological polar surface area (TPSA) is 107 Å². The lowest BCUT2D eigenvalue weighted by atomic mass is 9.78. The molecule has 1 aromatic rings. The zero-order valence-electron chi connectivity index (χ0n) is 26.9. The van der Waals surface area contributed by atoms with Crippen molar-refractivity contribution < 1.29 is 24.8 Å². The van der Waals surface area contributed by atoms with Crippen molar-refractivity contribution in [3.8, 4) is 11.5 Å². The third-order valence-corrected chi connectivity index (χ3v) is 10.3. The summed E-state index contributed by atoms with van der Waals surface area (Å²) in [6, 6.07) is 5.69. The van der Waals surface area contributed by atoms with Crippen LogP contribution in [0.1, 0.15) is 96.5 Å². The Morgan fingerprint density at radius 2 is 1.98 bits per heavy atom. The molecule has 44 heavy (non-hydrogen) atoms. The van der Waals surface area contributed by atoms with E-state index in [-0.39, 0.29) is 30.0 Å². The second-order valence-corrected chi connectivity index (χ2v) is 13.7. The largest absolute Gasteiger partial charge is 0.504 e. The maximum Gasteiger partial charge on any atom is 0.184 e. The van der Waals surface area contributed by atoms with Crippen LogP contribution in [0.3, 0.4) is 0 Å². The molecule has 3 atom stereocenters. The quantitative estimate of drug-likeness (QED) is 0.126. The van der Waals surface area contributed by atoms with Gasteiger partial charge in [-0.05, 0) is 75.5 Å². The number of nitrogens with one attached hydrogen (secondary N) is 1. The number of benzene rings is 1. The number of aliphatic hydroxyl groups excluding tert-OH is 2. The predicted molar refractivity (Wildman–Crippen MR) is 177 cm³/mol. The second-order valence-electron chi connectivity index (χ2n) is 13.7. The van der Waals surface area contributed by atoms with Crippen molar-refractivity contribution in [2.75, 3.05) is 26.3 Å². The molecule has 0 amide bonds. The van der Waals surface area contributed by atoms with Crippen LogP contribution in [0.25, 0.3) is 0 Å². The average molecular weight is 608 g/mol. The summed E-state index contributed by atoms with van der Waals surface area (Å²) < 4.78 is 11.3. The van der Waals surface area contributed by atoms with Crippen LogP contribution in [-0.4, -0.2) is 64.8 Å². The van der Waals surface area contributed by atoms with Gasteiger partial charge in [-0.3, -0.25) is 0 Å². The van der Waals surface area contributed by atoms with Gasteiger partial charge in [0.25, 0.3) is 0 Å². The lowest BCUT2D eigenvalue weighted by Crippen LogP contribution is -2.35. The summed E-state index contributed by atoms with van der Waals surface area (Å²) in [6.07, 6.45) is 21.7. The van der Waals surface area contributed by atoms with Crippen molar-refractivity contribution in [2.45, 2.75) is 110 Å². The summed E-state index contributed by atoms with van der Waals surface area (Å²) in [5, 5.41) is 33.8. The molecule has 7 heteroatoms. The number of rotatable bonds is 17. The fourth-order valence-electron chi connectivity index (χ4n) is 7.64. The molecule has 2 saturated carbocycles. The number of phenolic OH excluding ortho intramolecular Hbond substituents is 1. The molecule has 2 aliphatic heterocycles. The van der Waals surface area contributed by atoms with Gasteiger partial charge in [0.05, 0.1) is 18.1 Å². The minimum atomic E-state index is -0.350. The summed E-state index contributed by atoms with van der Waals surface area (Å²) >= 11 is 0. The van der Waals surface area contributed by atoms with Gasteiger partial charge < -0.3 is 30.1 Å². The van der Waals surface area contributed by atoms with Gasteiger partial charge in [0.2, 0.25) is 0 Å². The van der Waals surface area contributed by atoms with Gasteiger partial charge in [-0.1, -0.05) is 45.1 Å². The summed E-state index contributed by atoms with van der Waals surface area (Å²) in [4.78, 5) is 5.01. The van der Waals surface area contributed by atoms with E-state index in [4.69, 9.17) is 14.5 Å². The summed E-state index contributed by atoms with van der Waals surface area (Å²) in [6.45, 7) is 6.06. The van der Waals surface area contributed by atoms with E-state index in [0.29, 0.717) is 30.7 Å². The molecule has 0 bridgehead atoms. The second kappa shape index (κ2) is 15.7. The molecule has 5 N–H and O–H groups in total. The van der Waals surface area contributed by atoms with Gasteiger partial charge in [0.15, 0.2) is 17.2 Å². The molecule has 0 radical (unpaired) electrons. The Balaban J connectivity index is 1.22. The molecule has 2 heterocycles. The van der Waals surface area contributed by atoms with E-state index in [1.807, 2.05) is 19.1 Å². The molecule has 1 aromatic carbocycles. The highest BCUT2D eigenvalue weighted by atomic mass is 16.5. The lowest BCUT2D eigenvalue weighted by Gasteiger charge is -2.25. The highest BCUT2D eigenvalue weighted by molar-refractivity contribution is 5.83. The summed E-state index contributed by atoms with van der Waals surface area (Å²) in [5.41, 5.74) is 3.11. The summed E-state index contributed by atoms with van der Waals surface area (Å²) in [5.74, 6) is 3.09. The van der Waals surface area contributed by atoms with Crippen LogP contribution in [0, 0.1) is 29.3 Å². The van der Waals surface area contributed by atoms with Crippen molar-refractivity contribution in [3.05, 3.63) is 59.2 Å². The predicted octanol–water partition coefficient (Wildman–Crippen LogP) is 6.13. The van der Waals surface area contributed by atoms with Crippen molar-refractivity contribution in [3.63, 3.8) is 0 Å². The monoisotopic (exact) mass is 607 g/mol. The van der Waals surface area contributed by atoms with Gasteiger partial charge in [-0.15, -0.1) is 16.6 Å². The van der Waals surface area contributed by atoms with Gasteiger partial charge in [-0.25, -0.2) is 0 Å². The number of aliphatic imine (C=N–C) groups is 1. The van der Waals surface area contributed by atoms with Crippen LogP contribution in [0.2, 0.25) is 0 Å². The zero-order valence-corrected chi connectivity index (χ0v) is 26.9. The molecule has 4 aliphatic rings. The fourth-order valence-corrected chi connectivity index (χ4v) is 7.64. The first-order valence-electron chi connectivity index (χ1n) is 17.3. The average Bonchev–Trinajstić information content (AvgIpc) is 3.84. The SMILES string of the molecule is CCCCC1[OH+][C-](CCc2ccc(O)c(OCC3(C4=C[C+]([C@H](CNC[C@H](C)O)C5CCCC5)C=N4)CCCC3)c2)C=C1CO. The maximum atomic E-state index is 10.7. The normalized spacial score (nSPS) is 23.0.